The van der Waals surface area contributed by atoms with Crippen LogP contribution in [-0.4, -0.2) is 16.0 Å². The number of hydrogen-bond donors (Lipinski definition) is 1. The van der Waals surface area contributed by atoms with Crippen molar-refractivity contribution in [2.45, 2.75) is 6.92 Å². The lowest BCUT2D eigenvalue weighted by Crippen LogP contribution is -1.96. The second-order valence-corrected chi connectivity index (χ2v) is 3.10. The number of rotatable bonds is 3. The van der Waals surface area contributed by atoms with Crippen molar-refractivity contribution in [3.8, 4) is 0 Å². The van der Waals surface area contributed by atoms with E-state index in [9.17, 15) is 19.3 Å². The van der Waals surface area contributed by atoms with Gasteiger partial charge < -0.3 is 5.11 Å². The number of carbonyl (C=O) groups is 1. The first-order chi connectivity index (χ1) is 7.41. The molecule has 0 unspecified atom stereocenters. The van der Waals surface area contributed by atoms with Gasteiger partial charge in [-0.25, -0.2) is 4.79 Å². The average molecular weight is 225 g/mol. The van der Waals surface area contributed by atoms with E-state index in [0.29, 0.717) is 0 Å². The summed E-state index contributed by atoms with van der Waals surface area (Å²) in [5, 5.41) is 18.8. The number of aryl methyl sites for hydroxylation is 1. The summed E-state index contributed by atoms with van der Waals surface area (Å²) in [4.78, 5) is 19.9. The number of hydrogen-bond acceptors (Lipinski definition) is 3. The molecule has 0 aliphatic carbocycles. The highest BCUT2D eigenvalue weighted by atomic mass is 19.1. The number of aliphatic carboxylic acids is 1. The quantitative estimate of drug-likeness (QED) is 0.485. The first kappa shape index (κ1) is 11.8. The Morgan fingerprint density at radius 2 is 2.19 bits per heavy atom. The molecule has 5 nitrogen and oxygen atoms in total. The fourth-order valence-corrected chi connectivity index (χ4v) is 1.26. The van der Waals surface area contributed by atoms with Crippen LogP contribution in [0.4, 0.5) is 10.1 Å². The Labute approximate surface area is 90.0 Å². The predicted molar refractivity (Wildman–Crippen MR) is 54.5 cm³/mol. The zero-order chi connectivity index (χ0) is 12.3. The van der Waals surface area contributed by atoms with Gasteiger partial charge >= 0.3 is 11.7 Å². The van der Waals surface area contributed by atoms with Crippen molar-refractivity contribution in [3.05, 3.63) is 45.3 Å². The summed E-state index contributed by atoms with van der Waals surface area (Å²) in [6.45, 7) is 1.39. The van der Waals surface area contributed by atoms with Crippen LogP contribution in [0, 0.1) is 22.9 Å². The molecule has 0 heterocycles. The third-order valence-electron chi connectivity index (χ3n) is 1.88. The summed E-state index contributed by atoms with van der Waals surface area (Å²) < 4.78 is 13.3. The van der Waals surface area contributed by atoms with Gasteiger partial charge in [-0.3, -0.25) is 10.1 Å². The average Bonchev–Trinajstić information content (AvgIpc) is 2.12. The Kier molecular flexibility index (Phi) is 3.34. The van der Waals surface area contributed by atoms with E-state index in [2.05, 4.69) is 0 Å². The van der Waals surface area contributed by atoms with Gasteiger partial charge in [0.25, 0.3) is 0 Å². The second-order valence-electron chi connectivity index (χ2n) is 3.10. The van der Waals surface area contributed by atoms with E-state index in [1.807, 2.05) is 0 Å². The maximum atomic E-state index is 13.3. The van der Waals surface area contributed by atoms with Crippen molar-refractivity contribution >= 4 is 17.7 Å². The highest BCUT2D eigenvalue weighted by molar-refractivity contribution is 5.85. The molecule has 0 aliphatic heterocycles. The van der Waals surface area contributed by atoms with E-state index in [1.165, 1.54) is 19.1 Å². The van der Waals surface area contributed by atoms with Gasteiger partial charge in [-0.1, -0.05) is 0 Å². The molecule has 1 rings (SSSR count). The van der Waals surface area contributed by atoms with Crippen molar-refractivity contribution in [2.75, 3.05) is 0 Å². The molecule has 16 heavy (non-hydrogen) atoms. The van der Waals surface area contributed by atoms with Gasteiger partial charge in [-0.2, -0.15) is 4.39 Å². The summed E-state index contributed by atoms with van der Waals surface area (Å²) in [5.41, 5.74) is -0.175. The van der Waals surface area contributed by atoms with Crippen LogP contribution >= 0.6 is 0 Å². The zero-order valence-corrected chi connectivity index (χ0v) is 8.31. The highest BCUT2D eigenvalue weighted by Crippen LogP contribution is 2.24. The molecule has 0 spiro atoms. The van der Waals surface area contributed by atoms with Crippen molar-refractivity contribution in [1.29, 1.82) is 0 Å². The number of nitro groups is 1. The molecule has 0 aromatic heterocycles. The molecule has 6 heteroatoms. The van der Waals surface area contributed by atoms with E-state index in [4.69, 9.17) is 5.11 Å². The lowest BCUT2D eigenvalue weighted by atomic mass is 10.1. The Hall–Kier alpha value is -2.24. The molecule has 1 N–H and O–H groups in total. The molecule has 0 bridgehead atoms. The molecule has 0 radical (unpaired) electrons. The third-order valence-corrected chi connectivity index (χ3v) is 1.88. The lowest BCUT2D eigenvalue weighted by molar-refractivity contribution is -0.388. The van der Waals surface area contributed by atoms with Crippen LogP contribution in [-0.2, 0) is 4.79 Å². The highest BCUT2D eigenvalue weighted by Gasteiger charge is 2.17. The number of nitrogens with zero attached hydrogens (tertiary/aromatic N) is 1. The zero-order valence-electron chi connectivity index (χ0n) is 8.31. The number of carboxylic acid groups (broad SMARTS) is 1. The molecular weight excluding hydrogens is 217 g/mol. The van der Waals surface area contributed by atoms with E-state index in [1.54, 1.807) is 0 Å². The molecular formula is C10H8FNO4. The van der Waals surface area contributed by atoms with Crippen molar-refractivity contribution in [3.63, 3.8) is 0 Å². The van der Waals surface area contributed by atoms with Crippen molar-refractivity contribution in [1.82, 2.24) is 0 Å². The van der Waals surface area contributed by atoms with E-state index < -0.39 is 22.4 Å². The van der Waals surface area contributed by atoms with Gasteiger partial charge in [-0.05, 0) is 30.7 Å². The Morgan fingerprint density at radius 3 is 2.62 bits per heavy atom. The fourth-order valence-electron chi connectivity index (χ4n) is 1.26. The number of halogens is 1. The third kappa shape index (κ3) is 2.63. The summed E-state index contributed by atoms with van der Waals surface area (Å²) in [7, 11) is 0. The SMILES string of the molecule is Cc1cc(/C=C/C(=O)O)cc(F)c1[N+](=O)[O-]. The largest absolute Gasteiger partial charge is 0.478 e. The van der Waals surface area contributed by atoms with E-state index in [0.717, 1.165) is 12.1 Å². The second kappa shape index (κ2) is 4.52. The molecule has 0 atom stereocenters. The predicted octanol–water partition coefficient (Wildman–Crippen LogP) is 2.14. The maximum absolute atomic E-state index is 13.3. The Bertz CT molecular complexity index is 459. The Balaban J connectivity index is 3.20. The molecule has 1 aromatic carbocycles. The van der Waals surface area contributed by atoms with E-state index >= 15 is 0 Å². The lowest BCUT2D eigenvalue weighted by Gasteiger charge is -2.00. The summed E-state index contributed by atoms with van der Waals surface area (Å²) in [6, 6.07) is 2.27. The minimum absolute atomic E-state index is 0.148. The molecule has 0 fully saturated rings. The van der Waals surface area contributed by atoms with Crippen LogP contribution < -0.4 is 0 Å². The van der Waals surface area contributed by atoms with Crippen molar-refractivity contribution in [2.24, 2.45) is 0 Å². The topological polar surface area (TPSA) is 80.4 Å². The van der Waals surface area contributed by atoms with Crippen LogP contribution in [0.2, 0.25) is 0 Å². The van der Waals surface area contributed by atoms with Gasteiger partial charge in [0.05, 0.1) is 4.92 Å². The molecule has 84 valence electrons. The monoisotopic (exact) mass is 225 g/mol. The van der Waals surface area contributed by atoms with Crippen molar-refractivity contribution < 1.29 is 19.2 Å². The van der Waals surface area contributed by atoms with Crippen LogP contribution in [0.5, 0.6) is 0 Å². The minimum atomic E-state index is -1.17. The van der Waals surface area contributed by atoms with Crippen LogP contribution in [0.25, 0.3) is 6.08 Å². The number of benzene rings is 1. The summed E-state index contributed by atoms with van der Waals surface area (Å²) in [6.07, 6.45) is 2.00. The van der Waals surface area contributed by atoms with Crippen LogP contribution in [0.1, 0.15) is 11.1 Å². The molecule has 0 amide bonds. The van der Waals surface area contributed by atoms with Gasteiger partial charge in [0, 0.05) is 11.6 Å². The van der Waals surface area contributed by atoms with E-state index in [-0.39, 0.29) is 11.1 Å². The standard InChI is InChI=1S/C10H8FNO4/c1-6-4-7(2-3-9(13)14)5-8(11)10(6)12(15)16/h2-5H,1H3,(H,13,14)/b3-2+. The van der Waals surface area contributed by atoms with Gasteiger partial charge in [0.1, 0.15) is 0 Å². The maximum Gasteiger partial charge on any atom is 0.328 e. The first-order valence-electron chi connectivity index (χ1n) is 4.27. The molecule has 0 saturated heterocycles. The normalized spacial score (nSPS) is 10.6. The smallest absolute Gasteiger partial charge is 0.328 e. The molecule has 1 aromatic rings. The summed E-state index contributed by atoms with van der Waals surface area (Å²) >= 11 is 0. The van der Waals surface area contributed by atoms with Gasteiger partial charge in [0.2, 0.25) is 5.82 Å². The Morgan fingerprint density at radius 1 is 1.56 bits per heavy atom. The van der Waals surface area contributed by atoms with Gasteiger partial charge in [-0.15, -0.1) is 0 Å². The summed E-state index contributed by atoms with van der Waals surface area (Å²) in [5.74, 6) is -2.15. The van der Waals surface area contributed by atoms with Crippen LogP contribution in [0.15, 0.2) is 18.2 Å². The van der Waals surface area contributed by atoms with Gasteiger partial charge in [0.15, 0.2) is 0 Å². The molecule has 0 aliphatic rings. The van der Waals surface area contributed by atoms with Crippen LogP contribution in [0.3, 0.4) is 0 Å². The molecule has 0 saturated carbocycles. The number of carboxylic acids is 1. The first-order valence-corrected chi connectivity index (χ1v) is 4.27. The fraction of sp³-hybridized carbons (Fsp3) is 0.100. The number of nitro benzene ring substituents is 1. The minimum Gasteiger partial charge on any atom is -0.478 e.